The van der Waals surface area contributed by atoms with Gasteiger partial charge in [0.1, 0.15) is 17.3 Å². The average Bonchev–Trinajstić information content (AvgIpc) is 3.72. The van der Waals surface area contributed by atoms with Gasteiger partial charge in [-0.3, -0.25) is 28.5 Å². The standard InChI is InChI=1S/C41H45Cl2FN7O6P/c1-38(2,3)24-58(55,57-39(4,5)6)56-23-30(34(52)49-41(15-16-41)32-10-8-9-17-46-32)48-35(53)31-22-47-37-50(27-18-28(42)33(44)29(43)19-27)36(54)40(7,51(31)37)20-25-11-13-26(21-45)14-12-25/h8-14,17-19,22,30H,15-16,20,23-24H2,1-7H3,(H,48,53)(H,49,52)/t30-,40+,58?/m0/s1. The Morgan fingerprint density at radius 3 is 2.26 bits per heavy atom. The largest absolute Gasteiger partial charge is 0.343 e. The van der Waals surface area contributed by atoms with Crippen LogP contribution in [0.1, 0.15) is 88.6 Å². The van der Waals surface area contributed by atoms with Gasteiger partial charge in [0.05, 0.1) is 63.2 Å². The molecule has 1 unspecified atom stereocenters. The van der Waals surface area contributed by atoms with Crippen LogP contribution in [0.2, 0.25) is 10.0 Å². The van der Waals surface area contributed by atoms with Gasteiger partial charge in [-0.2, -0.15) is 5.26 Å². The summed E-state index contributed by atoms with van der Waals surface area (Å²) in [4.78, 5) is 53.5. The molecule has 13 nitrogen and oxygen atoms in total. The zero-order chi connectivity index (χ0) is 42.4. The molecule has 0 saturated heterocycles. The summed E-state index contributed by atoms with van der Waals surface area (Å²) in [5, 5.41) is 14.5. The van der Waals surface area contributed by atoms with Gasteiger partial charge in [0, 0.05) is 12.6 Å². The molecule has 0 radical (unpaired) electrons. The number of aromatic nitrogens is 3. The van der Waals surface area contributed by atoms with Crippen LogP contribution in [0.15, 0.2) is 67.0 Å². The van der Waals surface area contributed by atoms with E-state index in [0.29, 0.717) is 29.7 Å². The molecule has 3 heterocycles. The lowest BCUT2D eigenvalue weighted by Gasteiger charge is -2.32. The highest BCUT2D eigenvalue weighted by molar-refractivity contribution is 7.53. The highest BCUT2D eigenvalue weighted by atomic mass is 35.5. The molecule has 2 aromatic carbocycles. The van der Waals surface area contributed by atoms with Gasteiger partial charge in [-0.25, -0.2) is 14.3 Å². The molecule has 2 aliphatic rings. The maximum atomic E-state index is 14.6. The molecule has 2 N–H and O–H groups in total. The third kappa shape index (κ3) is 9.14. The molecule has 3 amide bonds. The molecule has 1 aliphatic heterocycles. The summed E-state index contributed by atoms with van der Waals surface area (Å²) in [6, 6.07) is 15.1. The Labute approximate surface area is 346 Å². The third-order valence-electron chi connectivity index (χ3n) is 9.60. The van der Waals surface area contributed by atoms with Crippen LogP contribution in [0.4, 0.5) is 16.0 Å². The molecule has 1 aliphatic carbocycles. The SMILES string of the molecule is CC(C)(C)CP(=O)(OC[C@H](NC(=O)c1cnc2n1[C@](C)(Cc1ccc(C#N)cc1)C(=O)N2c1cc(Cl)c(F)c(Cl)c1)C(=O)NC1(c2ccccn2)CC1)OC(C)(C)C. The fourth-order valence-electron chi connectivity index (χ4n) is 6.97. The Kier molecular flexibility index (Phi) is 11.7. The maximum absolute atomic E-state index is 14.6. The number of hydrogen-bond donors (Lipinski definition) is 2. The van der Waals surface area contributed by atoms with E-state index in [1.165, 1.54) is 27.8 Å². The monoisotopic (exact) mass is 851 g/mol. The lowest BCUT2D eigenvalue weighted by atomic mass is 9.91. The van der Waals surface area contributed by atoms with Crippen LogP contribution in [0.3, 0.4) is 0 Å². The van der Waals surface area contributed by atoms with Crippen molar-refractivity contribution in [3.63, 3.8) is 0 Å². The van der Waals surface area contributed by atoms with E-state index in [2.05, 4.69) is 26.7 Å². The summed E-state index contributed by atoms with van der Waals surface area (Å²) < 4.78 is 42.4. The number of nitrogens with one attached hydrogen (secondary N) is 2. The van der Waals surface area contributed by atoms with Crippen LogP contribution in [0, 0.1) is 22.6 Å². The van der Waals surface area contributed by atoms with E-state index in [4.69, 9.17) is 32.2 Å². The third-order valence-corrected chi connectivity index (χ3v) is 12.9. The number of halogens is 3. The first kappa shape index (κ1) is 43.0. The van der Waals surface area contributed by atoms with Gasteiger partial charge in [0.25, 0.3) is 11.8 Å². The minimum Gasteiger partial charge on any atom is -0.343 e. The molecule has 17 heteroatoms. The van der Waals surface area contributed by atoms with E-state index < -0.39 is 65.9 Å². The van der Waals surface area contributed by atoms with Crippen LogP contribution in [-0.4, -0.2) is 56.7 Å². The van der Waals surface area contributed by atoms with Crippen molar-refractivity contribution in [1.82, 2.24) is 25.2 Å². The van der Waals surface area contributed by atoms with Gasteiger partial charge in [0.2, 0.25) is 11.9 Å². The fraction of sp³-hybridized carbons (Fsp3) is 0.415. The lowest BCUT2D eigenvalue weighted by Crippen LogP contribution is -2.52. The minimum absolute atomic E-state index is 0.00243. The molecule has 6 rings (SSSR count). The summed E-state index contributed by atoms with van der Waals surface area (Å²) in [6.07, 6.45) is 4.15. The molecule has 1 saturated carbocycles. The van der Waals surface area contributed by atoms with Gasteiger partial charge >= 0.3 is 7.60 Å². The normalized spacial score (nSPS) is 18.8. The van der Waals surface area contributed by atoms with Crippen molar-refractivity contribution in [2.45, 2.75) is 90.4 Å². The quantitative estimate of drug-likeness (QED) is 0.0995. The number of fused-ring (bicyclic) bond motifs is 1. The molecule has 306 valence electrons. The number of amides is 3. The van der Waals surface area contributed by atoms with Crippen molar-refractivity contribution in [2.75, 3.05) is 17.7 Å². The zero-order valence-electron chi connectivity index (χ0n) is 33.2. The summed E-state index contributed by atoms with van der Waals surface area (Å²) >= 11 is 12.3. The Balaban J connectivity index is 1.39. The molecular formula is C41H45Cl2FN7O6P. The number of pyridine rings is 1. The average molecular weight is 853 g/mol. The number of anilines is 2. The highest BCUT2D eigenvalue weighted by Gasteiger charge is 2.52. The van der Waals surface area contributed by atoms with Crippen molar-refractivity contribution >= 4 is 60.2 Å². The Bertz CT molecular complexity index is 2290. The van der Waals surface area contributed by atoms with Crippen LogP contribution in [-0.2, 0) is 40.7 Å². The van der Waals surface area contributed by atoms with Gasteiger partial charge in [-0.15, -0.1) is 0 Å². The predicted octanol–water partition coefficient (Wildman–Crippen LogP) is 8.21. The first-order valence-corrected chi connectivity index (χ1v) is 21.1. The second-order valence-corrected chi connectivity index (χ2v) is 19.8. The number of rotatable bonds is 13. The molecule has 0 bridgehead atoms. The van der Waals surface area contributed by atoms with Crippen molar-refractivity contribution in [2.24, 2.45) is 5.41 Å². The minimum atomic E-state index is -3.88. The molecule has 3 atom stereocenters. The number of carbonyl (C=O) groups excluding carboxylic acids is 3. The van der Waals surface area contributed by atoms with Crippen LogP contribution in [0.25, 0.3) is 0 Å². The predicted molar refractivity (Wildman–Crippen MR) is 218 cm³/mol. The van der Waals surface area contributed by atoms with Crippen molar-refractivity contribution in [3.8, 4) is 6.07 Å². The number of carbonyl (C=O) groups is 3. The molecule has 2 aromatic heterocycles. The number of nitrogens with zero attached hydrogens (tertiary/aromatic N) is 5. The molecule has 58 heavy (non-hydrogen) atoms. The zero-order valence-corrected chi connectivity index (χ0v) is 35.6. The van der Waals surface area contributed by atoms with Crippen molar-refractivity contribution in [1.29, 1.82) is 5.26 Å². The summed E-state index contributed by atoms with van der Waals surface area (Å²) in [5.41, 5.74) is -1.96. The van der Waals surface area contributed by atoms with Gasteiger partial charge in [-0.1, -0.05) is 62.2 Å². The molecular weight excluding hydrogens is 807 g/mol. The number of imidazole rings is 1. The first-order chi connectivity index (χ1) is 27.1. The fourth-order valence-corrected chi connectivity index (χ4v) is 10.0. The van der Waals surface area contributed by atoms with Gasteiger partial charge in [-0.05, 0) is 87.9 Å². The second kappa shape index (κ2) is 15.8. The number of benzene rings is 2. The van der Waals surface area contributed by atoms with Crippen LogP contribution < -0.4 is 15.5 Å². The Hall–Kier alpha value is -4.64. The first-order valence-electron chi connectivity index (χ1n) is 18.6. The van der Waals surface area contributed by atoms with Gasteiger partial charge < -0.3 is 19.7 Å². The van der Waals surface area contributed by atoms with E-state index >= 15 is 0 Å². The Morgan fingerprint density at radius 1 is 1.05 bits per heavy atom. The van der Waals surface area contributed by atoms with Crippen LogP contribution >= 0.6 is 30.8 Å². The molecule has 0 spiro atoms. The second-order valence-electron chi connectivity index (χ2n) is 17.0. The van der Waals surface area contributed by atoms with Crippen molar-refractivity contribution < 1.29 is 32.4 Å². The van der Waals surface area contributed by atoms with Gasteiger partial charge in [0.15, 0.2) is 5.82 Å². The number of nitriles is 1. The topological polar surface area (TPSA) is 169 Å². The number of hydrogen-bond acceptors (Lipinski definition) is 9. The van der Waals surface area contributed by atoms with E-state index in [0.717, 1.165) is 0 Å². The maximum Gasteiger partial charge on any atom is 0.331 e. The van der Waals surface area contributed by atoms with E-state index in [1.807, 2.05) is 26.8 Å². The summed E-state index contributed by atoms with van der Waals surface area (Å²) in [6.45, 7) is 12.0. The highest BCUT2D eigenvalue weighted by Crippen LogP contribution is 2.55. The van der Waals surface area contributed by atoms with Crippen LogP contribution in [0.5, 0.6) is 0 Å². The summed E-state index contributed by atoms with van der Waals surface area (Å²) in [5.74, 6) is -2.83. The molecule has 1 fully saturated rings. The Morgan fingerprint density at radius 2 is 1.71 bits per heavy atom. The van der Waals surface area contributed by atoms with Crippen molar-refractivity contribution in [3.05, 3.63) is 105 Å². The van der Waals surface area contributed by atoms with E-state index in [-0.39, 0.29) is 40.0 Å². The van der Waals surface area contributed by atoms with E-state index in [9.17, 15) is 28.6 Å². The smallest absolute Gasteiger partial charge is 0.331 e. The van der Waals surface area contributed by atoms with E-state index in [1.54, 1.807) is 70.3 Å². The summed E-state index contributed by atoms with van der Waals surface area (Å²) in [7, 11) is -3.88. The molecule has 4 aromatic rings. The lowest BCUT2D eigenvalue weighted by molar-refractivity contribution is -0.125.